The maximum absolute atomic E-state index is 12.3. The predicted octanol–water partition coefficient (Wildman–Crippen LogP) is 7.18. The van der Waals surface area contributed by atoms with E-state index in [-0.39, 0.29) is 17.7 Å². The van der Waals surface area contributed by atoms with Gasteiger partial charge in [0, 0.05) is 12.8 Å². The lowest BCUT2D eigenvalue weighted by Gasteiger charge is -2.30. The fourth-order valence-electron chi connectivity index (χ4n) is 3.73. The fourth-order valence-corrected chi connectivity index (χ4v) is 3.90. The zero-order chi connectivity index (χ0) is 22.8. The van der Waals surface area contributed by atoms with Gasteiger partial charge in [-0.2, -0.15) is 0 Å². The highest BCUT2D eigenvalue weighted by molar-refractivity contribution is 6.20. The number of hydrogen-bond acceptors (Lipinski definition) is 2. The molecular weight excluding hydrogens is 398 g/mol. The van der Waals surface area contributed by atoms with Gasteiger partial charge in [-0.15, -0.1) is 0 Å². The molecule has 0 fully saturated rings. The first-order valence-electron chi connectivity index (χ1n) is 12.4. The summed E-state index contributed by atoms with van der Waals surface area (Å²) in [5.41, 5.74) is -0.379. The maximum Gasteiger partial charge on any atom is 0.314 e. The molecule has 0 saturated heterocycles. The Kier molecular flexibility index (Phi) is 17.6. The van der Waals surface area contributed by atoms with Crippen molar-refractivity contribution in [3.63, 3.8) is 0 Å². The molecule has 0 bridgehead atoms. The van der Waals surface area contributed by atoms with Gasteiger partial charge >= 0.3 is 5.97 Å². The van der Waals surface area contributed by atoms with E-state index in [0.29, 0.717) is 10.9 Å². The number of hydrogen-bond donors (Lipinski definition) is 1. The number of nitrogens with zero attached hydrogens (tertiary/aromatic N) is 1. The largest absolute Gasteiger partial charge is 0.481 e. The predicted molar refractivity (Wildman–Crippen MR) is 128 cm³/mol. The first-order chi connectivity index (χ1) is 14.2. The van der Waals surface area contributed by atoms with Crippen LogP contribution in [0.5, 0.6) is 0 Å². The number of alkyl halides is 1. The lowest BCUT2D eigenvalue weighted by atomic mass is 9.95. The Balaban J connectivity index is 3.66. The average molecular weight is 447 g/mol. The van der Waals surface area contributed by atoms with E-state index in [1.807, 2.05) is 21.1 Å². The van der Waals surface area contributed by atoms with Gasteiger partial charge in [0.05, 0.1) is 21.1 Å². The third-order valence-electron chi connectivity index (χ3n) is 5.98. The van der Waals surface area contributed by atoms with Crippen LogP contribution in [0.15, 0.2) is 0 Å². The number of carboxylic acid groups (broad SMARTS) is 1. The molecule has 0 spiro atoms. The SMILES string of the molecule is CCCCCCCCCCCCCCCCCC(=O)[C@@H](C[C@H](Cl)[N+](C)(C)C)C(=O)O. The number of ketones is 1. The van der Waals surface area contributed by atoms with Crippen LogP contribution < -0.4 is 0 Å². The summed E-state index contributed by atoms with van der Waals surface area (Å²) >= 11 is 6.29. The lowest BCUT2D eigenvalue weighted by Crippen LogP contribution is -2.44. The van der Waals surface area contributed by atoms with Crippen molar-refractivity contribution < 1.29 is 19.2 Å². The molecule has 0 heterocycles. The molecule has 30 heavy (non-hydrogen) atoms. The first-order valence-corrected chi connectivity index (χ1v) is 12.8. The minimum absolute atomic E-state index is 0.170. The van der Waals surface area contributed by atoms with E-state index < -0.39 is 11.9 Å². The van der Waals surface area contributed by atoms with E-state index in [1.165, 1.54) is 77.0 Å². The molecule has 0 aromatic carbocycles. The molecule has 0 aliphatic carbocycles. The molecule has 0 saturated carbocycles. The molecule has 0 unspecified atom stereocenters. The Hall–Kier alpha value is -0.610. The molecule has 0 aromatic heterocycles. The molecular formula is C25H49ClNO3+. The third-order valence-corrected chi connectivity index (χ3v) is 6.75. The topological polar surface area (TPSA) is 54.4 Å². The van der Waals surface area contributed by atoms with Crippen LogP contribution in [0.1, 0.15) is 116 Å². The van der Waals surface area contributed by atoms with Crippen LogP contribution in [0, 0.1) is 5.92 Å². The molecule has 0 aromatic rings. The van der Waals surface area contributed by atoms with Gasteiger partial charge in [0.25, 0.3) is 0 Å². The minimum Gasteiger partial charge on any atom is -0.481 e. The molecule has 0 radical (unpaired) electrons. The summed E-state index contributed by atoms with van der Waals surface area (Å²) in [5, 5.41) is 9.40. The number of halogens is 1. The zero-order valence-corrected chi connectivity index (χ0v) is 21.0. The summed E-state index contributed by atoms with van der Waals surface area (Å²) in [6.45, 7) is 2.26. The van der Waals surface area contributed by atoms with Crippen molar-refractivity contribution in [2.75, 3.05) is 21.1 Å². The van der Waals surface area contributed by atoms with Crippen molar-refractivity contribution in [1.29, 1.82) is 0 Å². The van der Waals surface area contributed by atoms with Gasteiger partial charge in [-0.3, -0.25) is 9.59 Å². The second-order valence-electron chi connectivity index (χ2n) is 9.84. The highest BCUT2D eigenvalue weighted by Crippen LogP contribution is 2.21. The van der Waals surface area contributed by atoms with Crippen molar-refractivity contribution in [3.8, 4) is 0 Å². The van der Waals surface area contributed by atoms with Crippen molar-refractivity contribution >= 4 is 23.4 Å². The van der Waals surface area contributed by atoms with Crippen LogP contribution in [0.3, 0.4) is 0 Å². The van der Waals surface area contributed by atoms with Crippen LogP contribution >= 0.6 is 11.6 Å². The summed E-state index contributed by atoms with van der Waals surface area (Å²) in [4.78, 5) is 23.8. The van der Waals surface area contributed by atoms with Crippen molar-refractivity contribution in [2.45, 2.75) is 122 Å². The summed E-state index contributed by atoms with van der Waals surface area (Å²) < 4.78 is 0.442. The number of Topliss-reactive ketones (excluding diaryl/α,β-unsaturated/α-hetero) is 1. The van der Waals surface area contributed by atoms with E-state index in [2.05, 4.69) is 6.92 Å². The second-order valence-corrected chi connectivity index (χ2v) is 10.3. The van der Waals surface area contributed by atoms with Crippen LogP contribution in [0.2, 0.25) is 0 Å². The van der Waals surface area contributed by atoms with Gasteiger partial charge in [-0.05, 0) is 6.42 Å². The highest BCUT2D eigenvalue weighted by atomic mass is 35.5. The van der Waals surface area contributed by atoms with E-state index >= 15 is 0 Å². The molecule has 4 nitrogen and oxygen atoms in total. The third kappa shape index (κ3) is 16.1. The molecule has 0 amide bonds. The van der Waals surface area contributed by atoms with Gasteiger partial charge in [0.15, 0.2) is 5.50 Å². The van der Waals surface area contributed by atoms with Crippen molar-refractivity contribution in [1.82, 2.24) is 0 Å². The van der Waals surface area contributed by atoms with Gasteiger partial charge < -0.3 is 9.59 Å². The van der Waals surface area contributed by atoms with Gasteiger partial charge in [-0.25, -0.2) is 0 Å². The van der Waals surface area contributed by atoms with Gasteiger partial charge in [-0.1, -0.05) is 108 Å². The van der Waals surface area contributed by atoms with E-state index in [9.17, 15) is 14.7 Å². The summed E-state index contributed by atoms with van der Waals surface area (Å²) in [6, 6.07) is 0. The normalized spacial score (nSPS) is 13.9. The number of quaternary nitrogens is 1. The van der Waals surface area contributed by atoms with Crippen molar-refractivity contribution in [2.24, 2.45) is 5.92 Å². The van der Waals surface area contributed by atoms with Gasteiger partial charge in [0.1, 0.15) is 11.7 Å². The Morgan fingerprint density at radius 1 is 0.733 bits per heavy atom. The molecule has 0 rings (SSSR count). The number of carbonyl (C=O) groups is 2. The molecule has 0 aliphatic rings. The van der Waals surface area contributed by atoms with Gasteiger partial charge in [0.2, 0.25) is 0 Å². The Morgan fingerprint density at radius 2 is 1.10 bits per heavy atom. The standard InChI is InChI=1S/C25H48ClNO3/c1-5-6-7-8-9-10-11-12-13-14-15-16-17-18-19-20-23(28)22(25(29)30)21-24(26)27(2,3)4/h22,24H,5-21H2,1-4H3/p+1/t22-,24-/m1/s1. The van der Waals surface area contributed by atoms with Crippen LogP contribution in [0.25, 0.3) is 0 Å². The highest BCUT2D eigenvalue weighted by Gasteiger charge is 2.33. The number of carboxylic acids is 1. The molecule has 2 atom stereocenters. The van der Waals surface area contributed by atoms with Crippen LogP contribution in [-0.2, 0) is 9.59 Å². The molecule has 0 aliphatic heterocycles. The number of carbonyl (C=O) groups excluding carboxylic acids is 1. The monoisotopic (exact) mass is 446 g/mol. The molecule has 5 heteroatoms. The van der Waals surface area contributed by atoms with E-state index in [0.717, 1.165) is 19.3 Å². The molecule has 178 valence electrons. The Morgan fingerprint density at radius 3 is 1.43 bits per heavy atom. The minimum atomic E-state index is -1.04. The summed E-state index contributed by atoms with van der Waals surface area (Å²) in [5.74, 6) is -2.19. The van der Waals surface area contributed by atoms with E-state index in [4.69, 9.17) is 11.6 Å². The van der Waals surface area contributed by atoms with Crippen LogP contribution in [0.4, 0.5) is 0 Å². The fraction of sp³-hybridized carbons (Fsp3) is 0.920. The summed E-state index contributed by atoms with van der Waals surface area (Å²) in [6.07, 6.45) is 19.7. The number of unbranched alkanes of at least 4 members (excludes halogenated alkanes) is 14. The van der Waals surface area contributed by atoms with Crippen LogP contribution in [-0.4, -0.2) is 48.0 Å². The Labute approximate surface area is 191 Å². The number of rotatable bonds is 21. The molecule has 1 N–H and O–H groups in total. The zero-order valence-electron chi connectivity index (χ0n) is 20.3. The quantitative estimate of drug-likeness (QED) is 0.0667. The smallest absolute Gasteiger partial charge is 0.314 e. The van der Waals surface area contributed by atoms with Crippen molar-refractivity contribution in [3.05, 3.63) is 0 Å². The van der Waals surface area contributed by atoms with E-state index in [1.54, 1.807) is 0 Å². The first kappa shape index (κ1) is 29.4. The average Bonchev–Trinajstić information content (AvgIpc) is 2.67. The second kappa shape index (κ2) is 18.0. The number of aliphatic carboxylic acids is 1. The Bertz CT molecular complexity index is 448. The maximum atomic E-state index is 12.3. The summed E-state index contributed by atoms with van der Waals surface area (Å²) in [7, 11) is 5.74. The lowest BCUT2D eigenvalue weighted by molar-refractivity contribution is -0.883.